The van der Waals surface area contributed by atoms with Crippen molar-refractivity contribution in [3.63, 3.8) is 0 Å². The van der Waals surface area contributed by atoms with Crippen LogP contribution in [-0.4, -0.2) is 72.8 Å². The molecule has 5 rings (SSSR count). The highest BCUT2D eigenvalue weighted by Gasteiger charge is 2.41. The molecule has 0 aromatic carbocycles. The van der Waals surface area contributed by atoms with Gasteiger partial charge in [-0.05, 0) is 49.7 Å². The van der Waals surface area contributed by atoms with Crippen molar-refractivity contribution in [1.82, 2.24) is 30.0 Å². The second-order valence-corrected chi connectivity index (χ2v) is 10.5. The van der Waals surface area contributed by atoms with Crippen LogP contribution in [0.5, 0.6) is 0 Å². The highest BCUT2D eigenvalue weighted by Crippen LogP contribution is 2.41. The summed E-state index contributed by atoms with van der Waals surface area (Å²) in [5.74, 6) is -1.35. The van der Waals surface area contributed by atoms with Crippen LogP contribution in [0, 0.1) is 5.41 Å². The lowest BCUT2D eigenvalue weighted by atomic mass is 9.80. The van der Waals surface area contributed by atoms with E-state index in [1.165, 1.54) is 19.3 Å². The number of aryl methyl sites for hydroxylation is 1. The molecule has 1 saturated carbocycles. The molecule has 2 N–H and O–H groups in total. The smallest absolute Gasteiger partial charge is 0.475 e. The van der Waals surface area contributed by atoms with Gasteiger partial charge in [0.2, 0.25) is 11.7 Å². The van der Waals surface area contributed by atoms with E-state index >= 15 is 0 Å². The number of halogens is 3. The molecule has 2 amide bonds. The average Bonchev–Trinajstić information content (AvgIpc) is 3.47. The van der Waals surface area contributed by atoms with E-state index in [2.05, 4.69) is 20.5 Å². The number of carboxylic acids is 1. The Bertz CT molecular complexity index is 1170. The standard InChI is InChI=1S/C24H32N6O2.C2HF3O2/c31-21(16-19-8-4-5-13-25-19)29-14-11-24(17-29)10-9-20-27-28-22(30(20)15-12-24)23(32)26-18-6-2-1-3-7-18;3-2(4,5)1(6)7/h4-5,8,13,18H,1-3,6-7,9-12,14-17H2,(H,26,32);(H,6,7). The van der Waals surface area contributed by atoms with E-state index in [-0.39, 0.29) is 23.3 Å². The van der Waals surface area contributed by atoms with Gasteiger partial charge in [-0.2, -0.15) is 13.2 Å². The molecule has 1 saturated heterocycles. The fourth-order valence-electron chi connectivity index (χ4n) is 5.60. The summed E-state index contributed by atoms with van der Waals surface area (Å²) in [5.41, 5.74) is 0.913. The summed E-state index contributed by atoms with van der Waals surface area (Å²) in [7, 11) is 0. The number of pyridine rings is 1. The topological polar surface area (TPSA) is 130 Å². The van der Waals surface area contributed by atoms with E-state index < -0.39 is 12.1 Å². The number of nitrogens with one attached hydrogen (secondary N) is 1. The maximum absolute atomic E-state index is 12.9. The first-order chi connectivity index (χ1) is 18.6. The highest BCUT2D eigenvalue weighted by molar-refractivity contribution is 5.91. The minimum Gasteiger partial charge on any atom is -0.475 e. The van der Waals surface area contributed by atoms with Crippen LogP contribution < -0.4 is 5.32 Å². The molecule has 1 atom stereocenters. The number of likely N-dealkylation sites (tertiary alicyclic amines) is 1. The van der Waals surface area contributed by atoms with Crippen LogP contribution >= 0.6 is 0 Å². The number of alkyl halides is 3. The molecular formula is C26H33F3N6O4. The normalized spacial score (nSPS) is 21.5. The van der Waals surface area contributed by atoms with E-state index in [0.717, 1.165) is 69.7 Å². The number of carbonyl (C=O) groups is 3. The second kappa shape index (κ2) is 12.1. The summed E-state index contributed by atoms with van der Waals surface area (Å²) in [6, 6.07) is 5.95. The maximum Gasteiger partial charge on any atom is 0.490 e. The molecular weight excluding hydrogens is 517 g/mol. The van der Waals surface area contributed by atoms with Crippen LogP contribution in [0.4, 0.5) is 13.2 Å². The third-order valence-electron chi connectivity index (χ3n) is 7.81. The van der Waals surface area contributed by atoms with Gasteiger partial charge in [-0.1, -0.05) is 25.3 Å². The molecule has 2 aliphatic heterocycles. The Morgan fingerprint density at radius 2 is 1.77 bits per heavy atom. The zero-order valence-corrected chi connectivity index (χ0v) is 21.6. The third-order valence-corrected chi connectivity index (χ3v) is 7.81. The molecule has 3 aliphatic rings. The quantitative estimate of drug-likeness (QED) is 0.598. The van der Waals surface area contributed by atoms with Crippen LogP contribution in [0.2, 0.25) is 0 Å². The van der Waals surface area contributed by atoms with Gasteiger partial charge in [0.05, 0.1) is 6.42 Å². The Morgan fingerprint density at radius 3 is 2.44 bits per heavy atom. The fourth-order valence-corrected chi connectivity index (χ4v) is 5.60. The van der Waals surface area contributed by atoms with Crippen molar-refractivity contribution in [2.24, 2.45) is 5.41 Å². The molecule has 39 heavy (non-hydrogen) atoms. The SMILES string of the molecule is O=C(NC1CCCCC1)c1nnc2n1CCC1(CC2)CCN(C(=O)Cc2ccccn2)C1.O=C(O)C(F)(F)F. The molecule has 2 fully saturated rings. The summed E-state index contributed by atoms with van der Waals surface area (Å²) >= 11 is 0. The molecule has 13 heteroatoms. The van der Waals surface area contributed by atoms with Gasteiger partial charge in [-0.3, -0.25) is 14.6 Å². The van der Waals surface area contributed by atoms with Crippen molar-refractivity contribution >= 4 is 17.8 Å². The Kier molecular flexibility index (Phi) is 8.86. The first kappa shape index (κ1) is 28.5. The molecule has 10 nitrogen and oxygen atoms in total. The Labute approximate surface area is 224 Å². The number of carbonyl (C=O) groups excluding carboxylic acids is 2. The number of fused-ring (bicyclic) bond motifs is 1. The van der Waals surface area contributed by atoms with Gasteiger partial charge >= 0.3 is 12.1 Å². The Morgan fingerprint density at radius 1 is 1.05 bits per heavy atom. The van der Waals surface area contributed by atoms with Crippen molar-refractivity contribution < 1.29 is 32.7 Å². The van der Waals surface area contributed by atoms with Gasteiger partial charge in [0.25, 0.3) is 5.91 Å². The number of nitrogens with zero attached hydrogens (tertiary/aromatic N) is 5. The van der Waals surface area contributed by atoms with Crippen molar-refractivity contribution in [3.05, 3.63) is 41.7 Å². The summed E-state index contributed by atoms with van der Waals surface area (Å²) in [4.78, 5) is 40.9. The van der Waals surface area contributed by atoms with E-state index in [1.807, 2.05) is 27.7 Å². The molecule has 2 aromatic rings. The summed E-state index contributed by atoms with van der Waals surface area (Å²) in [6.45, 7) is 2.31. The number of aromatic nitrogens is 4. The summed E-state index contributed by atoms with van der Waals surface area (Å²) in [6.07, 6.45) is 6.45. The lowest BCUT2D eigenvalue weighted by Crippen LogP contribution is -2.37. The van der Waals surface area contributed by atoms with Crippen molar-refractivity contribution in [1.29, 1.82) is 0 Å². The third kappa shape index (κ3) is 7.33. The van der Waals surface area contributed by atoms with E-state index in [9.17, 15) is 22.8 Å². The molecule has 1 aliphatic carbocycles. The maximum atomic E-state index is 12.9. The second-order valence-electron chi connectivity index (χ2n) is 10.5. The Balaban J connectivity index is 0.000000448. The van der Waals surface area contributed by atoms with Crippen LogP contribution in [0.3, 0.4) is 0 Å². The lowest BCUT2D eigenvalue weighted by molar-refractivity contribution is -0.192. The van der Waals surface area contributed by atoms with Gasteiger partial charge < -0.3 is 19.9 Å². The summed E-state index contributed by atoms with van der Waals surface area (Å²) in [5, 5.41) is 18.9. The molecule has 2 aromatic heterocycles. The summed E-state index contributed by atoms with van der Waals surface area (Å²) < 4.78 is 33.8. The van der Waals surface area contributed by atoms with E-state index in [1.54, 1.807) is 6.20 Å². The van der Waals surface area contributed by atoms with Crippen molar-refractivity contribution in [2.75, 3.05) is 13.1 Å². The predicted molar refractivity (Wildman–Crippen MR) is 133 cm³/mol. The van der Waals surface area contributed by atoms with Gasteiger partial charge in [0.1, 0.15) is 5.82 Å². The Hall–Kier alpha value is -3.51. The number of amides is 2. The van der Waals surface area contributed by atoms with Gasteiger partial charge in [-0.25, -0.2) is 4.79 Å². The number of hydrogen-bond donors (Lipinski definition) is 2. The van der Waals surface area contributed by atoms with E-state index in [4.69, 9.17) is 9.90 Å². The number of hydrogen-bond acceptors (Lipinski definition) is 6. The number of carboxylic acid groups (broad SMARTS) is 1. The monoisotopic (exact) mass is 550 g/mol. The zero-order valence-electron chi connectivity index (χ0n) is 21.6. The molecule has 0 radical (unpaired) electrons. The number of aliphatic carboxylic acids is 1. The molecule has 212 valence electrons. The number of rotatable bonds is 4. The van der Waals surface area contributed by atoms with Crippen molar-refractivity contribution in [3.8, 4) is 0 Å². The average molecular weight is 551 g/mol. The largest absolute Gasteiger partial charge is 0.490 e. The fraction of sp³-hybridized carbons (Fsp3) is 0.615. The predicted octanol–water partition coefficient (Wildman–Crippen LogP) is 3.17. The lowest BCUT2D eigenvalue weighted by Gasteiger charge is -2.27. The minimum absolute atomic E-state index is 0.0924. The van der Waals surface area contributed by atoms with Crippen LogP contribution in [0.15, 0.2) is 24.4 Å². The van der Waals surface area contributed by atoms with Crippen LogP contribution in [0.25, 0.3) is 0 Å². The minimum atomic E-state index is -5.08. The van der Waals surface area contributed by atoms with Crippen LogP contribution in [-0.2, 0) is 29.0 Å². The van der Waals surface area contributed by atoms with Crippen molar-refractivity contribution in [2.45, 2.75) is 83.0 Å². The first-order valence-electron chi connectivity index (χ1n) is 13.3. The molecule has 0 bridgehead atoms. The van der Waals surface area contributed by atoms with Gasteiger partial charge in [0, 0.05) is 44.0 Å². The molecule has 4 heterocycles. The van der Waals surface area contributed by atoms with Crippen LogP contribution in [0.1, 0.15) is 73.5 Å². The first-order valence-corrected chi connectivity index (χ1v) is 13.3. The highest BCUT2D eigenvalue weighted by atomic mass is 19.4. The zero-order chi connectivity index (χ0) is 28.0. The molecule has 1 spiro atoms. The van der Waals surface area contributed by atoms with Gasteiger partial charge in [-0.15, -0.1) is 10.2 Å². The molecule has 1 unspecified atom stereocenters. The van der Waals surface area contributed by atoms with E-state index in [0.29, 0.717) is 12.2 Å². The van der Waals surface area contributed by atoms with Gasteiger partial charge in [0.15, 0.2) is 0 Å².